The second kappa shape index (κ2) is 10.6. The summed E-state index contributed by atoms with van der Waals surface area (Å²) in [7, 11) is 0. The zero-order chi connectivity index (χ0) is 14.7. The van der Waals surface area contributed by atoms with Gasteiger partial charge in [-0.1, -0.05) is 32.8 Å². The van der Waals surface area contributed by atoms with Gasteiger partial charge < -0.3 is 9.64 Å². The highest BCUT2D eigenvalue weighted by Crippen LogP contribution is 2.16. The minimum atomic E-state index is -0.358. The van der Waals surface area contributed by atoms with Crippen LogP contribution in [0.1, 0.15) is 46.5 Å². The van der Waals surface area contributed by atoms with E-state index in [4.69, 9.17) is 4.74 Å². The molecule has 0 aliphatic rings. The molecule has 0 aromatic rings. The monoisotopic (exact) mass is 269 g/mol. The number of unbranched alkanes of at least 4 members (excludes halogenated alkanes) is 1. The summed E-state index contributed by atoms with van der Waals surface area (Å²) in [4.78, 5) is 25.4. The predicted octanol–water partition coefficient (Wildman–Crippen LogP) is 2.78. The summed E-state index contributed by atoms with van der Waals surface area (Å²) in [5.74, 6) is -0.332. The van der Waals surface area contributed by atoms with Crippen molar-refractivity contribution in [3.63, 3.8) is 0 Å². The third-order valence-electron chi connectivity index (χ3n) is 3.03. The lowest BCUT2D eigenvalue weighted by Gasteiger charge is -2.25. The summed E-state index contributed by atoms with van der Waals surface area (Å²) in [6, 6.07) is 0. The molecule has 0 fully saturated rings. The fourth-order valence-electron chi connectivity index (χ4n) is 1.96. The van der Waals surface area contributed by atoms with Crippen LogP contribution in [0.25, 0.3) is 0 Å². The summed E-state index contributed by atoms with van der Waals surface area (Å²) >= 11 is 0. The molecule has 0 spiro atoms. The van der Waals surface area contributed by atoms with Crippen molar-refractivity contribution in [3.8, 4) is 0 Å². The molecule has 1 atom stereocenters. The Morgan fingerprint density at radius 1 is 1.32 bits per heavy atom. The maximum Gasteiger partial charge on any atom is 0.325 e. The lowest BCUT2D eigenvalue weighted by molar-refractivity contribution is -0.150. The topological polar surface area (TPSA) is 46.6 Å². The van der Waals surface area contributed by atoms with Crippen molar-refractivity contribution in [2.75, 3.05) is 19.7 Å². The van der Waals surface area contributed by atoms with E-state index < -0.39 is 0 Å². The van der Waals surface area contributed by atoms with Crippen LogP contribution in [-0.4, -0.2) is 36.5 Å². The number of ether oxygens (including phenoxy) is 1. The van der Waals surface area contributed by atoms with Crippen LogP contribution in [0.4, 0.5) is 0 Å². The largest absolute Gasteiger partial charge is 0.465 e. The third-order valence-corrected chi connectivity index (χ3v) is 3.03. The third kappa shape index (κ3) is 6.99. The van der Waals surface area contributed by atoms with Crippen molar-refractivity contribution < 1.29 is 14.3 Å². The van der Waals surface area contributed by atoms with E-state index >= 15 is 0 Å². The lowest BCUT2D eigenvalue weighted by Crippen LogP contribution is -2.40. The van der Waals surface area contributed by atoms with Gasteiger partial charge in [0.15, 0.2) is 0 Å². The average Bonchev–Trinajstić information content (AvgIpc) is 2.39. The van der Waals surface area contributed by atoms with Crippen molar-refractivity contribution >= 4 is 11.9 Å². The van der Waals surface area contributed by atoms with E-state index in [1.165, 1.54) is 4.90 Å². The van der Waals surface area contributed by atoms with Gasteiger partial charge in [0.05, 0.1) is 6.61 Å². The van der Waals surface area contributed by atoms with Crippen LogP contribution in [0, 0.1) is 5.92 Å². The van der Waals surface area contributed by atoms with Gasteiger partial charge in [-0.25, -0.2) is 0 Å². The number of hydrogen-bond donors (Lipinski definition) is 0. The van der Waals surface area contributed by atoms with Crippen LogP contribution in [0.2, 0.25) is 0 Å². The number of carbonyl (C=O) groups excluding carboxylic acids is 2. The smallest absolute Gasteiger partial charge is 0.325 e. The van der Waals surface area contributed by atoms with Crippen LogP contribution < -0.4 is 0 Å². The normalized spacial score (nSPS) is 11.7. The Hall–Kier alpha value is -1.32. The van der Waals surface area contributed by atoms with E-state index in [0.717, 1.165) is 25.7 Å². The van der Waals surface area contributed by atoms with E-state index in [2.05, 4.69) is 13.5 Å². The first kappa shape index (κ1) is 17.7. The molecule has 0 radical (unpaired) electrons. The van der Waals surface area contributed by atoms with Crippen molar-refractivity contribution in [1.82, 2.24) is 4.90 Å². The molecule has 1 amide bonds. The van der Waals surface area contributed by atoms with Gasteiger partial charge in [0.2, 0.25) is 5.91 Å². The number of carbonyl (C=O) groups is 2. The van der Waals surface area contributed by atoms with Gasteiger partial charge in [-0.3, -0.25) is 9.59 Å². The Balaban J connectivity index is 4.60. The van der Waals surface area contributed by atoms with Crippen molar-refractivity contribution in [2.24, 2.45) is 5.92 Å². The molecule has 0 heterocycles. The number of rotatable bonds is 10. The highest BCUT2D eigenvalue weighted by molar-refractivity contribution is 5.83. The van der Waals surface area contributed by atoms with Gasteiger partial charge in [-0.2, -0.15) is 0 Å². The summed E-state index contributed by atoms with van der Waals surface area (Å²) < 4.78 is 4.90. The minimum Gasteiger partial charge on any atom is -0.465 e. The summed E-state index contributed by atoms with van der Waals surface area (Å²) in [5, 5.41) is 0. The van der Waals surface area contributed by atoms with Gasteiger partial charge in [-0.05, 0) is 19.8 Å². The van der Waals surface area contributed by atoms with Gasteiger partial charge >= 0.3 is 5.97 Å². The van der Waals surface area contributed by atoms with Crippen LogP contribution in [0.3, 0.4) is 0 Å². The molecular weight excluding hydrogens is 242 g/mol. The number of nitrogens with zero attached hydrogens (tertiary/aromatic N) is 1. The Bertz CT molecular complexity index is 289. The van der Waals surface area contributed by atoms with Crippen LogP contribution in [0.5, 0.6) is 0 Å². The predicted molar refractivity (Wildman–Crippen MR) is 76.7 cm³/mol. The molecule has 0 bridgehead atoms. The van der Waals surface area contributed by atoms with E-state index in [0.29, 0.717) is 13.2 Å². The molecule has 110 valence electrons. The van der Waals surface area contributed by atoms with E-state index in [-0.39, 0.29) is 24.3 Å². The molecule has 0 saturated heterocycles. The molecule has 0 N–H and O–H groups in total. The first-order chi connectivity index (χ1) is 9.10. The maximum absolute atomic E-state index is 12.4. The lowest BCUT2D eigenvalue weighted by atomic mass is 9.97. The zero-order valence-corrected chi connectivity index (χ0v) is 12.5. The Morgan fingerprint density at radius 3 is 2.47 bits per heavy atom. The van der Waals surface area contributed by atoms with Crippen LogP contribution in [-0.2, 0) is 14.3 Å². The number of esters is 1. The second-order valence-corrected chi connectivity index (χ2v) is 4.56. The fraction of sp³-hybridized carbons (Fsp3) is 0.733. The molecule has 0 aromatic heterocycles. The van der Waals surface area contributed by atoms with Crippen molar-refractivity contribution in [3.05, 3.63) is 12.7 Å². The molecule has 4 heteroatoms. The molecule has 0 aromatic carbocycles. The molecule has 0 aliphatic heterocycles. The first-order valence-electron chi connectivity index (χ1n) is 7.15. The maximum atomic E-state index is 12.4. The van der Waals surface area contributed by atoms with Gasteiger partial charge in [0.25, 0.3) is 0 Å². The van der Waals surface area contributed by atoms with Crippen molar-refractivity contribution in [2.45, 2.75) is 46.5 Å². The molecule has 0 aliphatic carbocycles. The van der Waals surface area contributed by atoms with Crippen LogP contribution in [0.15, 0.2) is 12.7 Å². The molecule has 0 saturated carbocycles. The zero-order valence-electron chi connectivity index (χ0n) is 12.5. The van der Waals surface area contributed by atoms with Gasteiger partial charge in [0.1, 0.15) is 6.54 Å². The first-order valence-corrected chi connectivity index (χ1v) is 7.15. The Kier molecular flexibility index (Phi) is 9.85. The molecule has 19 heavy (non-hydrogen) atoms. The minimum absolute atomic E-state index is 0.00525. The Morgan fingerprint density at radius 2 is 2.00 bits per heavy atom. The van der Waals surface area contributed by atoms with Gasteiger partial charge in [0, 0.05) is 12.5 Å². The molecule has 1 unspecified atom stereocenters. The molecule has 4 nitrogen and oxygen atoms in total. The SMILES string of the molecule is C=CCN(CC(=O)OCC)C(=O)C(CC)CCCC. The van der Waals surface area contributed by atoms with Crippen molar-refractivity contribution in [1.29, 1.82) is 0 Å². The second-order valence-electron chi connectivity index (χ2n) is 4.56. The summed E-state index contributed by atoms with van der Waals surface area (Å²) in [5.41, 5.74) is 0. The summed E-state index contributed by atoms with van der Waals surface area (Å²) in [6.07, 6.45) is 5.43. The van der Waals surface area contributed by atoms with E-state index in [1.54, 1.807) is 13.0 Å². The summed E-state index contributed by atoms with van der Waals surface area (Å²) in [6.45, 7) is 10.3. The number of amides is 1. The molecular formula is C15H27NO3. The number of hydrogen-bond acceptors (Lipinski definition) is 3. The quantitative estimate of drug-likeness (QED) is 0.452. The van der Waals surface area contributed by atoms with Gasteiger partial charge in [-0.15, -0.1) is 6.58 Å². The van der Waals surface area contributed by atoms with Crippen LogP contribution >= 0.6 is 0 Å². The van der Waals surface area contributed by atoms with E-state index in [9.17, 15) is 9.59 Å². The molecule has 0 rings (SSSR count). The van der Waals surface area contributed by atoms with E-state index in [1.807, 2.05) is 6.92 Å². The average molecular weight is 269 g/mol. The Labute approximate surface area is 116 Å². The highest BCUT2D eigenvalue weighted by Gasteiger charge is 2.23. The fourth-order valence-corrected chi connectivity index (χ4v) is 1.96. The standard InChI is InChI=1S/C15H27NO3/c1-5-9-10-13(7-3)15(18)16(11-6-2)12-14(17)19-8-4/h6,13H,2,5,7-12H2,1,3-4H3. The highest BCUT2D eigenvalue weighted by atomic mass is 16.5.